The van der Waals surface area contributed by atoms with E-state index in [0.29, 0.717) is 25.7 Å². The number of aliphatic carboxylic acids is 1. The SMILES string of the molecule is N#CCN(CC#N)C(=O)C1CCC(C(=O)O)CC1. The zero-order valence-electron chi connectivity index (χ0n) is 10.0. The number of amides is 1. The van der Waals surface area contributed by atoms with Crippen LogP contribution in [0.1, 0.15) is 25.7 Å². The Morgan fingerprint density at radius 1 is 1.06 bits per heavy atom. The van der Waals surface area contributed by atoms with E-state index in [4.69, 9.17) is 15.6 Å². The number of carboxylic acid groups (broad SMARTS) is 1. The summed E-state index contributed by atoms with van der Waals surface area (Å²) < 4.78 is 0. The number of carbonyl (C=O) groups is 2. The highest BCUT2D eigenvalue weighted by atomic mass is 16.4. The van der Waals surface area contributed by atoms with Gasteiger partial charge in [-0.2, -0.15) is 10.5 Å². The molecule has 1 saturated carbocycles. The second-order valence-corrected chi connectivity index (χ2v) is 4.40. The predicted molar refractivity (Wildman–Crippen MR) is 60.9 cm³/mol. The quantitative estimate of drug-likeness (QED) is 0.740. The first kappa shape index (κ1) is 14.0. The Hall–Kier alpha value is -2.08. The van der Waals surface area contributed by atoms with Crippen LogP contribution in [0.3, 0.4) is 0 Å². The van der Waals surface area contributed by atoms with Gasteiger partial charge in [0.1, 0.15) is 13.1 Å². The summed E-state index contributed by atoms with van der Waals surface area (Å²) in [6, 6.07) is 3.72. The lowest BCUT2D eigenvalue weighted by molar-refractivity contribution is -0.145. The minimum Gasteiger partial charge on any atom is -0.481 e. The van der Waals surface area contributed by atoms with Crippen LogP contribution in [0.25, 0.3) is 0 Å². The minimum atomic E-state index is -0.813. The molecule has 0 spiro atoms. The lowest BCUT2D eigenvalue weighted by Crippen LogP contribution is -2.38. The molecule has 0 bridgehead atoms. The van der Waals surface area contributed by atoms with Gasteiger partial charge in [0, 0.05) is 5.92 Å². The van der Waals surface area contributed by atoms with Crippen LogP contribution in [0.5, 0.6) is 0 Å². The standard InChI is InChI=1S/C12H15N3O3/c13-5-7-15(8-6-14)11(16)9-1-3-10(4-2-9)12(17)18/h9-10H,1-4,7-8H2,(H,17,18). The van der Waals surface area contributed by atoms with E-state index in [1.807, 2.05) is 12.1 Å². The third kappa shape index (κ3) is 3.46. The molecule has 1 aliphatic carbocycles. The van der Waals surface area contributed by atoms with E-state index < -0.39 is 5.97 Å². The van der Waals surface area contributed by atoms with Crippen molar-refractivity contribution in [2.45, 2.75) is 25.7 Å². The molecule has 0 heterocycles. The third-order valence-corrected chi connectivity index (χ3v) is 3.26. The van der Waals surface area contributed by atoms with Gasteiger partial charge in [-0.05, 0) is 25.7 Å². The molecule has 0 saturated heterocycles. The normalized spacial score (nSPS) is 22.6. The van der Waals surface area contributed by atoms with Crippen LogP contribution in [0.2, 0.25) is 0 Å². The molecule has 0 atom stereocenters. The van der Waals surface area contributed by atoms with Gasteiger partial charge in [-0.1, -0.05) is 0 Å². The first-order chi connectivity index (χ1) is 8.60. The van der Waals surface area contributed by atoms with Gasteiger partial charge in [-0.3, -0.25) is 9.59 Å². The van der Waals surface area contributed by atoms with Crippen molar-refractivity contribution < 1.29 is 14.7 Å². The molecule has 0 aromatic rings. The Balaban J connectivity index is 2.56. The highest BCUT2D eigenvalue weighted by Gasteiger charge is 2.31. The molecule has 96 valence electrons. The number of carboxylic acids is 1. The smallest absolute Gasteiger partial charge is 0.306 e. The monoisotopic (exact) mass is 249 g/mol. The van der Waals surface area contributed by atoms with Crippen molar-refractivity contribution >= 4 is 11.9 Å². The molecule has 0 radical (unpaired) electrons. The topological polar surface area (TPSA) is 105 Å². The summed E-state index contributed by atoms with van der Waals surface area (Å²) in [5.41, 5.74) is 0. The van der Waals surface area contributed by atoms with Crippen molar-refractivity contribution in [1.82, 2.24) is 4.90 Å². The van der Waals surface area contributed by atoms with Gasteiger partial charge in [-0.25, -0.2) is 0 Å². The van der Waals surface area contributed by atoms with Gasteiger partial charge in [0.25, 0.3) is 0 Å². The zero-order chi connectivity index (χ0) is 13.5. The van der Waals surface area contributed by atoms with Crippen molar-refractivity contribution in [1.29, 1.82) is 10.5 Å². The first-order valence-corrected chi connectivity index (χ1v) is 5.85. The van der Waals surface area contributed by atoms with E-state index in [1.54, 1.807) is 0 Å². The second kappa shape index (κ2) is 6.61. The molecule has 1 N–H and O–H groups in total. The Bertz CT molecular complexity index is 384. The summed E-state index contributed by atoms with van der Waals surface area (Å²) in [5, 5.41) is 26.0. The van der Waals surface area contributed by atoms with Crippen molar-refractivity contribution in [2.24, 2.45) is 11.8 Å². The number of nitrogens with zero attached hydrogens (tertiary/aromatic N) is 3. The molecule has 1 amide bonds. The van der Waals surface area contributed by atoms with E-state index in [2.05, 4.69) is 0 Å². The van der Waals surface area contributed by atoms with Crippen LogP contribution < -0.4 is 0 Å². The molecule has 6 nitrogen and oxygen atoms in total. The fraction of sp³-hybridized carbons (Fsp3) is 0.667. The maximum atomic E-state index is 12.0. The van der Waals surface area contributed by atoms with E-state index in [1.165, 1.54) is 4.90 Å². The largest absolute Gasteiger partial charge is 0.481 e. The molecule has 1 fully saturated rings. The molecule has 6 heteroatoms. The molecular weight excluding hydrogens is 234 g/mol. The number of hydrogen-bond acceptors (Lipinski definition) is 4. The van der Waals surface area contributed by atoms with Crippen LogP contribution >= 0.6 is 0 Å². The van der Waals surface area contributed by atoms with Crippen LogP contribution in [0, 0.1) is 34.5 Å². The molecule has 1 rings (SSSR count). The Morgan fingerprint density at radius 3 is 1.89 bits per heavy atom. The van der Waals surface area contributed by atoms with Crippen LogP contribution in [0.4, 0.5) is 0 Å². The van der Waals surface area contributed by atoms with Gasteiger partial charge < -0.3 is 10.0 Å². The Labute approximate surface area is 105 Å². The summed E-state index contributed by atoms with van der Waals surface area (Å²) >= 11 is 0. The fourth-order valence-corrected chi connectivity index (χ4v) is 2.23. The Morgan fingerprint density at radius 2 is 1.50 bits per heavy atom. The predicted octanol–water partition coefficient (Wildman–Crippen LogP) is 0.753. The average molecular weight is 249 g/mol. The molecular formula is C12H15N3O3. The molecule has 0 unspecified atom stereocenters. The van der Waals surface area contributed by atoms with Gasteiger partial charge in [0.15, 0.2) is 0 Å². The average Bonchev–Trinajstić information content (AvgIpc) is 2.38. The first-order valence-electron chi connectivity index (χ1n) is 5.85. The summed E-state index contributed by atoms with van der Waals surface area (Å²) in [7, 11) is 0. The highest BCUT2D eigenvalue weighted by molar-refractivity contribution is 5.80. The lowest BCUT2D eigenvalue weighted by atomic mass is 9.81. The Kier molecular flexibility index (Phi) is 5.13. The summed E-state index contributed by atoms with van der Waals surface area (Å²) in [6.45, 7) is -0.184. The fourth-order valence-electron chi connectivity index (χ4n) is 2.23. The summed E-state index contributed by atoms with van der Waals surface area (Å²) in [4.78, 5) is 24.0. The van der Waals surface area contributed by atoms with E-state index in [0.717, 1.165) is 0 Å². The molecule has 0 aromatic heterocycles. The van der Waals surface area contributed by atoms with Crippen molar-refractivity contribution in [3.05, 3.63) is 0 Å². The maximum absolute atomic E-state index is 12.0. The van der Waals surface area contributed by atoms with Gasteiger partial charge >= 0.3 is 5.97 Å². The van der Waals surface area contributed by atoms with Gasteiger partial charge in [0.2, 0.25) is 5.91 Å². The molecule has 0 aromatic carbocycles. The van der Waals surface area contributed by atoms with E-state index in [-0.39, 0.29) is 30.8 Å². The molecule has 1 aliphatic rings. The highest BCUT2D eigenvalue weighted by Crippen LogP contribution is 2.30. The number of carbonyl (C=O) groups excluding carboxylic acids is 1. The van der Waals surface area contributed by atoms with Crippen molar-refractivity contribution in [3.63, 3.8) is 0 Å². The minimum absolute atomic E-state index is 0.0920. The van der Waals surface area contributed by atoms with E-state index >= 15 is 0 Å². The van der Waals surface area contributed by atoms with Crippen LogP contribution in [0.15, 0.2) is 0 Å². The van der Waals surface area contributed by atoms with E-state index in [9.17, 15) is 9.59 Å². The molecule has 18 heavy (non-hydrogen) atoms. The second-order valence-electron chi connectivity index (χ2n) is 4.40. The van der Waals surface area contributed by atoms with Gasteiger partial charge in [0.05, 0.1) is 18.1 Å². The lowest BCUT2D eigenvalue weighted by Gasteiger charge is -2.28. The van der Waals surface area contributed by atoms with Crippen LogP contribution in [-0.2, 0) is 9.59 Å². The third-order valence-electron chi connectivity index (χ3n) is 3.26. The summed E-state index contributed by atoms with van der Waals surface area (Å²) in [6.07, 6.45) is 2.00. The number of nitriles is 2. The summed E-state index contributed by atoms with van der Waals surface area (Å²) in [5.74, 6) is -1.63. The van der Waals surface area contributed by atoms with Crippen LogP contribution in [-0.4, -0.2) is 35.0 Å². The van der Waals surface area contributed by atoms with Crippen molar-refractivity contribution in [2.75, 3.05) is 13.1 Å². The zero-order valence-corrected chi connectivity index (χ0v) is 10.0. The number of rotatable bonds is 4. The molecule has 0 aliphatic heterocycles. The number of hydrogen-bond donors (Lipinski definition) is 1. The maximum Gasteiger partial charge on any atom is 0.306 e. The van der Waals surface area contributed by atoms with Crippen molar-refractivity contribution in [3.8, 4) is 12.1 Å². The van der Waals surface area contributed by atoms with Gasteiger partial charge in [-0.15, -0.1) is 0 Å².